The molecule has 0 spiro atoms. The number of fused-ring (bicyclic) bond motifs is 6. The molecule has 0 saturated heterocycles. The minimum absolute atomic E-state index is 0.169. The maximum absolute atomic E-state index is 12.5. The van der Waals surface area contributed by atoms with Gasteiger partial charge >= 0.3 is 0 Å². The van der Waals surface area contributed by atoms with Crippen molar-refractivity contribution >= 4 is 55.4 Å². The third kappa shape index (κ3) is 5.80. The molecule has 6 heteroatoms. The zero-order valence-electron chi connectivity index (χ0n) is 31.4. The first-order valence-corrected chi connectivity index (χ1v) is 20.1. The Morgan fingerprint density at radius 1 is 0.491 bits per heavy atom. The van der Waals surface area contributed by atoms with Crippen molar-refractivity contribution in [1.29, 1.82) is 0 Å². The first-order valence-electron chi connectivity index (χ1n) is 18.8. The van der Waals surface area contributed by atoms with Crippen molar-refractivity contribution in [2.24, 2.45) is 0 Å². The van der Waals surface area contributed by atoms with Crippen molar-refractivity contribution in [1.82, 2.24) is 9.13 Å². The first kappa shape index (κ1) is 34.6. The van der Waals surface area contributed by atoms with Gasteiger partial charge in [0.2, 0.25) is 0 Å². The average molecular weight is 739 g/mol. The van der Waals surface area contributed by atoms with E-state index in [1.165, 1.54) is 0 Å². The van der Waals surface area contributed by atoms with Crippen LogP contribution in [0.15, 0.2) is 133 Å². The van der Waals surface area contributed by atoms with Crippen molar-refractivity contribution in [2.45, 2.75) is 27.2 Å². The van der Waals surface area contributed by atoms with Crippen LogP contribution in [0.5, 0.6) is 17.2 Å². The summed E-state index contributed by atoms with van der Waals surface area (Å²) in [4.78, 5) is 0. The van der Waals surface area contributed by atoms with Gasteiger partial charge in [-0.15, -0.1) is 0 Å². The van der Waals surface area contributed by atoms with E-state index >= 15 is 0 Å². The lowest BCUT2D eigenvalue weighted by atomic mass is 9.91. The summed E-state index contributed by atoms with van der Waals surface area (Å²) in [5, 5.41) is 29.5. The van der Waals surface area contributed by atoms with Gasteiger partial charge in [0, 0.05) is 43.8 Å². The van der Waals surface area contributed by atoms with Crippen LogP contribution >= 0.6 is 11.8 Å². The Labute approximate surface area is 325 Å². The Morgan fingerprint density at radius 3 is 1.22 bits per heavy atom. The van der Waals surface area contributed by atoms with Crippen LogP contribution < -0.4 is 4.74 Å². The number of benzene rings is 7. The molecule has 0 saturated carbocycles. The Morgan fingerprint density at radius 2 is 0.836 bits per heavy atom. The average Bonchev–Trinajstić information content (AvgIpc) is 3.71. The molecule has 7 aromatic carbocycles. The van der Waals surface area contributed by atoms with E-state index in [-0.39, 0.29) is 11.5 Å². The van der Waals surface area contributed by atoms with E-state index in [2.05, 4.69) is 133 Å². The van der Waals surface area contributed by atoms with E-state index in [0.29, 0.717) is 34.9 Å². The number of thioether (sulfide) groups is 1. The zero-order chi connectivity index (χ0) is 37.8. The monoisotopic (exact) mass is 738 g/mol. The predicted octanol–water partition coefficient (Wildman–Crippen LogP) is 12.7. The number of rotatable bonds is 9. The van der Waals surface area contributed by atoms with Crippen molar-refractivity contribution in [2.75, 3.05) is 18.6 Å². The second kappa shape index (κ2) is 13.9. The van der Waals surface area contributed by atoms with Crippen LogP contribution in [0.1, 0.15) is 23.1 Å². The van der Waals surface area contributed by atoms with Crippen LogP contribution in [0.3, 0.4) is 0 Å². The highest BCUT2D eigenvalue weighted by Gasteiger charge is 2.25. The zero-order valence-corrected chi connectivity index (χ0v) is 32.2. The molecule has 0 aliphatic carbocycles. The van der Waals surface area contributed by atoms with Crippen LogP contribution in [0.25, 0.3) is 77.2 Å². The second-order valence-electron chi connectivity index (χ2n) is 14.5. The van der Waals surface area contributed by atoms with Crippen LogP contribution in [-0.2, 0) is 0 Å². The summed E-state index contributed by atoms with van der Waals surface area (Å²) in [7, 11) is 0. The molecule has 0 radical (unpaired) electrons. The number of aryl methyl sites for hydroxylation is 3. The maximum Gasteiger partial charge on any atom is 0.147 e. The summed E-state index contributed by atoms with van der Waals surface area (Å²) in [6.45, 7) is 6.69. The lowest BCUT2D eigenvalue weighted by Crippen LogP contribution is -2.04. The van der Waals surface area contributed by atoms with E-state index in [4.69, 9.17) is 4.74 Å². The number of hydrogen-bond acceptors (Lipinski definition) is 4. The highest BCUT2D eigenvalue weighted by molar-refractivity contribution is 7.98. The third-order valence-corrected chi connectivity index (χ3v) is 11.4. The maximum atomic E-state index is 12.5. The van der Waals surface area contributed by atoms with Gasteiger partial charge < -0.3 is 24.1 Å². The largest absolute Gasteiger partial charge is 0.505 e. The SMILES string of the molecule is CSCCCOc1c(-c2cc(C)cc(-n3c4ccccc4c4ccccc43)c2O)cc(C)cc1-c1cc(C)cc(-n2c3ccccc3c3ccccc32)c1O. The highest BCUT2D eigenvalue weighted by atomic mass is 32.2. The molecule has 0 unspecified atom stereocenters. The van der Waals surface area contributed by atoms with Gasteiger partial charge in [0.05, 0.1) is 40.0 Å². The molecule has 9 rings (SSSR count). The van der Waals surface area contributed by atoms with Gasteiger partial charge in [0.15, 0.2) is 0 Å². The van der Waals surface area contributed by atoms with Crippen LogP contribution in [0.4, 0.5) is 0 Å². The molecule has 0 fully saturated rings. The molecule has 2 aromatic heterocycles. The summed E-state index contributed by atoms with van der Waals surface area (Å²) in [6.07, 6.45) is 2.96. The van der Waals surface area contributed by atoms with E-state index in [1.54, 1.807) is 11.8 Å². The molecule has 2 N–H and O–H groups in total. The molecule has 0 bridgehead atoms. The number of ether oxygens (including phenoxy) is 1. The summed E-state index contributed by atoms with van der Waals surface area (Å²) < 4.78 is 11.1. The van der Waals surface area contributed by atoms with Gasteiger partial charge in [0.1, 0.15) is 17.2 Å². The summed E-state index contributed by atoms with van der Waals surface area (Å²) in [5.41, 5.74) is 11.4. The molecular formula is C49H42N2O3S. The molecule has 0 amide bonds. The Hall–Kier alpha value is -6.11. The van der Waals surface area contributed by atoms with E-state index < -0.39 is 0 Å². The number of para-hydroxylation sites is 4. The molecule has 0 aliphatic rings. The summed E-state index contributed by atoms with van der Waals surface area (Å²) in [5.74, 6) is 1.93. The fraction of sp³-hybridized carbons (Fsp3) is 0.143. The molecule has 55 heavy (non-hydrogen) atoms. The number of phenolic OH excluding ortho intramolecular Hbond substituents is 2. The van der Waals surface area contributed by atoms with Gasteiger partial charge in [-0.05, 0) is 117 Å². The normalized spacial score (nSPS) is 11.7. The number of nitrogens with zero attached hydrogens (tertiary/aromatic N) is 2. The number of phenols is 2. The number of aromatic hydroxyl groups is 2. The number of aromatic nitrogens is 2. The molecule has 5 nitrogen and oxygen atoms in total. The van der Waals surface area contributed by atoms with E-state index in [9.17, 15) is 10.2 Å². The Kier molecular flexibility index (Phi) is 8.78. The molecule has 0 atom stereocenters. The quantitative estimate of drug-likeness (QED) is 0.145. The van der Waals surface area contributed by atoms with Crippen molar-refractivity contribution < 1.29 is 14.9 Å². The fourth-order valence-electron chi connectivity index (χ4n) is 8.34. The van der Waals surface area contributed by atoms with Crippen LogP contribution in [0, 0.1) is 20.8 Å². The Bertz CT molecular complexity index is 2640. The summed E-state index contributed by atoms with van der Waals surface area (Å²) in [6, 6.07) is 45.8. The number of hydrogen-bond donors (Lipinski definition) is 2. The van der Waals surface area contributed by atoms with Crippen molar-refractivity contribution in [3.8, 4) is 50.9 Å². The van der Waals surface area contributed by atoms with E-state index in [1.807, 2.05) is 36.4 Å². The van der Waals surface area contributed by atoms with E-state index in [0.717, 1.165) is 83.6 Å². The third-order valence-electron chi connectivity index (χ3n) is 10.7. The topological polar surface area (TPSA) is 59.5 Å². The predicted molar refractivity (Wildman–Crippen MR) is 232 cm³/mol. The summed E-state index contributed by atoms with van der Waals surface area (Å²) >= 11 is 1.79. The lowest BCUT2D eigenvalue weighted by Gasteiger charge is -2.22. The minimum atomic E-state index is 0.169. The lowest BCUT2D eigenvalue weighted by molar-refractivity contribution is 0.321. The fourth-order valence-corrected chi connectivity index (χ4v) is 8.75. The molecule has 272 valence electrons. The minimum Gasteiger partial charge on any atom is -0.505 e. The van der Waals surface area contributed by atoms with Gasteiger partial charge in [-0.1, -0.05) is 72.8 Å². The van der Waals surface area contributed by atoms with Gasteiger partial charge in [-0.25, -0.2) is 0 Å². The Balaban J connectivity index is 1.30. The van der Waals surface area contributed by atoms with Crippen LogP contribution in [-0.4, -0.2) is 38.0 Å². The van der Waals surface area contributed by atoms with Gasteiger partial charge in [-0.3, -0.25) is 0 Å². The molecule has 2 heterocycles. The van der Waals surface area contributed by atoms with Gasteiger partial charge in [0.25, 0.3) is 0 Å². The first-order chi connectivity index (χ1) is 26.8. The molecular weight excluding hydrogens is 697 g/mol. The highest BCUT2D eigenvalue weighted by Crippen LogP contribution is 2.49. The molecule has 9 aromatic rings. The molecule has 0 aliphatic heterocycles. The van der Waals surface area contributed by atoms with Crippen LogP contribution in [0.2, 0.25) is 0 Å². The van der Waals surface area contributed by atoms with Crippen molar-refractivity contribution in [3.63, 3.8) is 0 Å². The smallest absolute Gasteiger partial charge is 0.147 e. The standard InChI is InChI=1S/C49H42N2O3S/c1-30-26-39(37-24-31(2)28-45(47(37)52)50-41-18-9-5-14-33(41)34-15-6-10-19-42(34)50)49(54-22-13-23-55-4)40(27-30)38-25-32(3)29-46(48(38)53)51-43-20-11-7-16-35(43)36-17-8-12-21-44(36)51/h5-12,14-21,24-29,52-53H,13,22-23H2,1-4H3. The van der Waals surface area contributed by atoms with Crippen molar-refractivity contribution in [3.05, 3.63) is 150 Å². The second-order valence-corrected chi connectivity index (χ2v) is 15.5. The van der Waals surface area contributed by atoms with Gasteiger partial charge in [-0.2, -0.15) is 11.8 Å².